The molecule has 5 heteroatoms. The normalized spacial score (nSPS) is 14.5. The predicted octanol–water partition coefficient (Wildman–Crippen LogP) is 2.76. The quantitative estimate of drug-likeness (QED) is 0.819. The Bertz CT molecular complexity index is 332. The van der Waals surface area contributed by atoms with Crippen molar-refractivity contribution >= 4 is 29.2 Å². The van der Waals surface area contributed by atoms with Crippen LogP contribution in [0.15, 0.2) is 24.3 Å². The molecule has 1 aromatic carbocycles. The summed E-state index contributed by atoms with van der Waals surface area (Å²) in [5.41, 5.74) is 0. The summed E-state index contributed by atoms with van der Waals surface area (Å²) in [6.07, 6.45) is 0. The maximum Gasteiger partial charge on any atom is 0.363 e. The van der Waals surface area contributed by atoms with Gasteiger partial charge in [-0.05, 0) is 24.3 Å². The molecule has 0 aliphatic rings. The van der Waals surface area contributed by atoms with E-state index < -0.39 is 11.0 Å². The van der Waals surface area contributed by atoms with E-state index in [2.05, 4.69) is 0 Å². The summed E-state index contributed by atoms with van der Waals surface area (Å²) >= 11 is 11.2. The minimum absolute atomic E-state index is 0.356. The molecule has 1 rings (SSSR count). The molecule has 0 fully saturated rings. The number of halogens is 2. The van der Waals surface area contributed by atoms with Crippen molar-refractivity contribution in [3.8, 4) is 5.75 Å². The Morgan fingerprint density at radius 2 is 1.93 bits per heavy atom. The van der Waals surface area contributed by atoms with Gasteiger partial charge in [0.25, 0.3) is 5.06 Å². The van der Waals surface area contributed by atoms with E-state index in [9.17, 15) is 4.79 Å². The van der Waals surface area contributed by atoms with Crippen molar-refractivity contribution in [3.05, 3.63) is 29.3 Å². The maximum absolute atomic E-state index is 10.6. The van der Waals surface area contributed by atoms with Gasteiger partial charge in [-0.25, -0.2) is 4.79 Å². The number of carbonyl (C=O) groups is 1. The Morgan fingerprint density at radius 1 is 1.43 bits per heavy atom. The van der Waals surface area contributed by atoms with E-state index in [1.54, 1.807) is 24.3 Å². The fourth-order valence-electron chi connectivity index (χ4n) is 0.768. The molecule has 0 bridgehead atoms. The van der Waals surface area contributed by atoms with E-state index >= 15 is 0 Å². The van der Waals surface area contributed by atoms with E-state index in [-0.39, 0.29) is 0 Å². The van der Waals surface area contributed by atoms with E-state index in [1.807, 2.05) is 0 Å². The average Bonchev–Trinajstić information content (AvgIpc) is 2.08. The van der Waals surface area contributed by atoms with E-state index in [0.717, 1.165) is 0 Å². The summed E-state index contributed by atoms with van der Waals surface area (Å²) < 4.78 is 5.03. The van der Waals surface area contributed by atoms with Crippen molar-refractivity contribution in [2.45, 2.75) is 12.0 Å². The molecule has 3 nitrogen and oxygen atoms in total. The second-order valence-corrected chi connectivity index (χ2v) is 3.94. The molecule has 0 heterocycles. The Morgan fingerprint density at radius 3 is 2.36 bits per heavy atom. The highest BCUT2D eigenvalue weighted by Gasteiger charge is 2.32. The van der Waals surface area contributed by atoms with Gasteiger partial charge in [-0.15, -0.1) is 0 Å². The van der Waals surface area contributed by atoms with Crippen LogP contribution in [0.3, 0.4) is 0 Å². The molecule has 0 amide bonds. The number of alkyl halides is 1. The molecular weight excluding hydrogens is 227 g/mol. The molecule has 14 heavy (non-hydrogen) atoms. The summed E-state index contributed by atoms with van der Waals surface area (Å²) in [5.74, 6) is -0.886. The third-order valence-electron chi connectivity index (χ3n) is 1.51. The Balaban J connectivity index is 2.79. The number of hydrogen-bond acceptors (Lipinski definition) is 2. The average molecular weight is 235 g/mol. The molecule has 0 aliphatic heterocycles. The Hall–Kier alpha value is -0.930. The zero-order valence-electron chi connectivity index (χ0n) is 7.33. The zero-order chi connectivity index (χ0) is 10.8. The Labute approximate surface area is 91.2 Å². The van der Waals surface area contributed by atoms with Crippen LogP contribution < -0.4 is 4.74 Å². The van der Waals surface area contributed by atoms with Crippen molar-refractivity contribution in [1.29, 1.82) is 0 Å². The highest BCUT2D eigenvalue weighted by atomic mass is 35.5. The van der Waals surface area contributed by atoms with Crippen molar-refractivity contribution in [3.63, 3.8) is 0 Å². The van der Waals surface area contributed by atoms with Gasteiger partial charge >= 0.3 is 5.97 Å². The van der Waals surface area contributed by atoms with E-state index in [1.165, 1.54) is 6.92 Å². The fourth-order valence-corrected chi connectivity index (χ4v) is 0.983. The number of carboxylic acids is 1. The molecule has 0 spiro atoms. The second kappa shape index (κ2) is 4.07. The van der Waals surface area contributed by atoms with Crippen LogP contribution in [0.1, 0.15) is 6.92 Å². The summed E-state index contributed by atoms with van der Waals surface area (Å²) in [6.45, 7) is 1.26. The topological polar surface area (TPSA) is 46.5 Å². The highest BCUT2D eigenvalue weighted by Crippen LogP contribution is 2.23. The predicted molar refractivity (Wildman–Crippen MR) is 54.0 cm³/mol. The molecule has 1 N–H and O–H groups in total. The summed E-state index contributed by atoms with van der Waals surface area (Å²) in [7, 11) is 0. The molecule has 76 valence electrons. The van der Waals surface area contributed by atoms with Crippen LogP contribution in [0.25, 0.3) is 0 Å². The van der Waals surface area contributed by atoms with Crippen molar-refractivity contribution in [1.82, 2.24) is 0 Å². The van der Waals surface area contributed by atoms with Crippen LogP contribution in [0.5, 0.6) is 5.75 Å². The first-order valence-corrected chi connectivity index (χ1v) is 4.54. The number of rotatable bonds is 3. The minimum atomic E-state index is -1.76. The molecule has 0 radical (unpaired) electrons. The Kier molecular flexibility index (Phi) is 3.24. The van der Waals surface area contributed by atoms with Gasteiger partial charge in [0.05, 0.1) is 0 Å². The standard InChI is InChI=1S/C9H8Cl2O3/c1-9(11,8(12)13)14-7-4-2-6(10)3-5-7/h2-5H,1H3,(H,12,13). The van der Waals surface area contributed by atoms with Crippen molar-refractivity contribution in [2.24, 2.45) is 0 Å². The molecule has 1 atom stereocenters. The van der Waals surface area contributed by atoms with Gasteiger partial charge in [0.15, 0.2) is 0 Å². The van der Waals surface area contributed by atoms with Crippen LogP contribution in [0.4, 0.5) is 0 Å². The number of ether oxygens (including phenoxy) is 1. The van der Waals surface area contributed by atoms with Gasteiger partial charge < -0.3 is 9.84 Å². The molecule has 0 aliphatic carbocycles. The second-order valence-electron chi connectivity index (χ2n) is 2.78. The lowest BCUT2D eigenvalue weighted by molar-refractivity contribution is -0.147. The third-order valence-corrected chi connectivity index (χ3v) is 2.00. The summed E-state index contributed by atoms with van der Waals surface area (Å²) in [4.78, 5) is 10.6. The van der Waals surface area contributed by atoms with Crippen molar-refractivity contribution < 1.29 is 14.6 Å². The van der Waals surface area contributed by atoms with Gasteiger partial charge in [0.1, 0.15) is 5.75 Å². The van der Waals surface area contributed by atoms with Crippen LogP contribution in [0, 0.1) is 0 Å². The van der Waals surface area contributed by atoms with Gasteiger partial charge in [-0.2, -0.15) is 0 Å². The van der Waals surface area contributed by atoms with Gasteiger partial charge in [-0.1, -0.05) is 23.2 Å². The summed E-state index contributed by atoms with van der Waals surface area (Å²) in [6, 6.07) is 6.27. The first-order valence-electron chi connectivity index (χ1n) is 3.79. The van der Waals surface area contributed by atoms with Crippen LogP contribution in [-0.2, 0) is 4.79 Å². The van der Waals surface area contributed by atoms with E-state index in [0.29, 0.717) is 10.8 Å². The molecule has 1 aromatic rings. The molecule has 0 saturated heterocycles. The SMILES string of the molecule is CC(Cl)(Oc1ccc(Cl)cc1)C(=O)O. The fraction of sp³-hybridized carbons (Fsp3) is 0.222. The van der Waals surface area contributed by atoms with Crippen LogP contribution in [-0.4, -0.2) is 16.1 Å². The number of aliphatic carboxylic acids is 1. The lowest BCUT2D eigenvalue weighted by Gasteiger charge is -2.18. The molecule has 1 unspecified atom stereocenters. The largest absolute Gasteiger partial charge is 0.477 e. The minimum Gasteiger partial charge on any atom is -0.477 e. The number of hydrogen-bond donors (Lipinski definition) is 1. The van der Waals surface area contributed by atoms with Gasteiger partial charge in [-0.3, -0.25) is 0 Å². The van der Waals surface area contributed by atoms with E-state index in [4.69, 9.17) is 33.0 Å². The number of carboxylic acid groups (broad SMARTS) is 1. The van der Waals surface area contributed by atoms with Gasteiger partial charge in [0, 0.05) is 11.9 Å². The molecule has 0 saturated carbocycles. The lowest BCUT2D eigenvalue weighted by atomic mass is 10.3. The smallest absolute Gasteiger partial charge is 0.363 e. The van der Waals surface area contributed by atoms with Crippen molar-refractivity contribution in [2.75, 3.05) is 0 Å². The monoisotopic (exact) mass is 234 g/mol. The van der Waals surface area contributed by atoms with Crippen LogP contribution >= 0.6 is 23.2 Å². The van der Waals surface area contributed by atoms with Gasteiger partial charge in [0.2, 0.25) is 0 Å². The lowest BCUT2D eigenvalue weighted by Crippen LogP contribution is -2.35. The summed E-state index contributed by atoms with van der Waals surface area (Å²) in [5, 5.41) is 7.46. The maximum atomic E-state index is 10.6. The first kappa shape index (κ1) is 11.1. The highest BCUT2D eigenvalue weighted by molar-refractivity contribution is 6.32. The molecule has 0 aromatic heterocycles. The third kappa shape index (κ3) is 2.79. The number of benzene rings is 1. The first-order chi connectivity index (χ1) is 6.42. The zero-order valence-corrected chi connectivity index (χ0v) is 8.84. The molecular formula is C9H8Cl2O3. The van der Waals surface area contributed by atoms with Crippen LogP contribution in [0.2, 0.25) is 5.02 Å².